The molecule has 2 unspecified atom stereocenters. The number of nitrogens with zero attached hydrogens (tertiary/aromatic N) is 4. The maximum Gasteiger partial charge on any atom is 0.282 e. The molecule has 408 valence electrons. The predicted octanol–water partition coefficient (Wildman–Crippen LogP) is 10.0. The van der Waals surface area contributed by atoms with Gasteiger partial charge in [-0.05, 0) is 91.2 Å². The number of carbonyl (C=O) groups excluding carboxylic acids is 4. The van der Waals surface area contributed by atoms with Gasteiger partial charge in [-0.3, -0.25) is 38.8 Å². The van der Waals surface area contributed by atoms with Gasteiger partial charge in [0.15, 0.2) is 16.6 Å². The Morgan fingerprint density at radius 1 is 0.548 bits per heavy atom. The highest BCUT2D eigenvalue weighted by molar-refractivity contribution is 6.76. The summed E-state index contributed by atoms with van der Waals surface area (Å²) in [6, 6.07) is 12.0. The van der Waals surface area contributed by atoms with E-state index >= 15 is 19.2 Å². The molecule has 4 atom stereocenters. The van der Waals surface area contributed by atoms with Crippen molar-refractivity contribution in [2.24, 2.45) is 0 Å². The van der Waals surface area contributed by atoms with E-state index < -0.39 is 68.3 Å². The summed E-state index contributed by atoms with van der Waals surface area (Å²) in [7, 11) is -4.72. The molecule has 0 bridgehead atoms. The summed E-state index contributed by atoms with van der Waals surface area (Å²) in [6.07, 6.45) is -0.648. The van der Waals surface area contributed by atoms with Crippen molar-refractivity contribution in [1.29, 1.82) is 0 Å². The van der Waals surface area contributed by atoms with E-state index in [9.17, 15) is 0 Å². The molecule has 0 radical (unpaired) electrons. The van der Waals surface area contributed by atoms with E-state index in [-0.39, 0.29) is 80.9 Å². The van der Waals surface area contributed by atoms with Gasteiger partial charge >= 0.3 is 0 Å². The second-order valence-electron chi connectivity index (χ2n) is 25.8. The molecule has 2 aromatic carbocycles. The fraction of sp³-hybridized carbons (Fsp3) is 0.698. The summed E-state index contributed by atoms with van der Waals surface area (Å²) in [5.74, 6) is -0.698. The number of anilines is 2. The van der Waals surface area contributed by atoms with Gasteiger partial charge in [-0.2, -0.15) is 0 Å². The van der Waals surface area contributed by atoms with E-state index in [1.54, 1.807) is 50.6 Å². The molecule has 4 aliphatic rings. The summed E-state index contributed by atoms with van der Waals surface area (Å²) < 4.78 is 51.6. The van der Waals surface area contributed by atoms with Crippen LogP contribution in [0.2, 0.25) is 87.6 Å². The van der Waals surface area contributed by atoms with Crippen LogP contribution in [0.5, 0.6) is 11.5 Å². The Bertz CT molecular complexity index is 2180. The Kier molecular flexibility index (Phi) is 17.6. The lowest BCUT2D eigenvalue weighted by molar-refractivity contribution is -0.172. The van der Waals surface area contributed by atoms with Gasteiger partial charge in [0.05, 0.1) is 62.1 Å². The first-order valence-electron chi connectivity index (χ1n) is 26.1. The first-order valence-corrected chi connectivity index (χ1v) is 39.4. The van der Waals surface area contributed by atoms with Crippen LogP contribution in [0.3, 0.4) is 0 Å². The van der Waals surface area contributed by atoms with E-state index in [4.69, 9.17) is 37.3 Å². The Labute approximate surface area is 440 Å². The highest BCUT2D eigenvalue weighted by Gasteiger charge is 2.62. The monoisotopic (exact) mass is 1080 g/mol. The molecule has 73 heavy (non-hydrogen) atoms. The first kappa shape index (κ1) is 58.8. The number of fused-ring (bicyclic) bond motifs is 4. The first-order chi connectivity index (χ1) is 33.7. The van der Waals surface area contributed by atoms with E-state index in [1.165, 1.54) is 19.6 Å². The zero-order chi connectivity index (χ0) is 54.3. The van der Waals surface area contributed by atoms with Crippen LogP contribution in [-0.2, 0) is 37.4 Å². The molecule has 0 spiro atoms. The maximum atomic E-state index is 15.6. The SMILES string of the molecule is COc1ccc2c(c1)C(=O)N1CC(O[Si](C)(C)C(C)(C)C)CC1(OCCCO[C@]13C[C@@H](O[Si](C)(C)C(C)(C)C)CN1C(=O)c1cc(OC)ccc1N(COCC[Si](C)(C)C)C3=O)C(=O)N2COCC[Si](C)(C)C. The zero-order valence-corrected chi connectivity index (χ0v) is 51.5. The molecular weight excluding hydrogens is 997 g/mol. The molecule has 2 saturated heterocycles. The van der Waals surface area contributed by atoms with Crippen molar-refractivity contribution in [3.63, 3.8) is 0 Å². The number of ether oxygens (including phenoxy) is 6. The van der Waals surface area contributed by atoms with Crippen LogP contribution in [-0.4, -0.2) is 157 Å². The molecule has 0 aliphatic carbocycles. The van der Waals surface area contributed by atoms with Crippen molar-refractivity contribution in [1.82, 2.24) is 9.80 Å². The molecule has 4 heterocycles. The smallest absolute Gasteiger partial charge is 0.282 e. The van der Waals surface area contributed by atoms with Crippen LogP contribution in [0, 0.1) is 0 Å². The molecule has 0 aromatic heterocycles. The van der Waals surface area contributed by atoms with E-state index in [0.717, 1.165) is 12.1 Å². The number of hydrogen-bond donors (Lipinski definition) is 0. The van der Waals surface area contributed by atoms with Gasteiger partial charge in [-0.1, -0.05) is 80.8 Å². The molecule has 2 fully saturated rings. The summed E-state index contributed by atoms with van der Waals surface area (Å²) >= 11 is 0. The van der Waals surface area contributed by atoms with Crippen molar-refractivity contribution in [2.75, 3.05) is 77.0 Å². The molecule has 2 aromatic rings. The van der Waals surface area contributed by atoms with Gasteiger partial charge in [0, 0.05) is 55.3 Å². The van der Waals surface area contributed by atoms with Crippen LogP contribution >= 0.6 is 0 Å². The minimum absolute atomic E-state index is 0.0463. The number of amides is 4. The third kappa shape index (κ3) is 12.7. The number of carbonyl (C=O) groups is 4. The van der Waals surface area contributed by atoms with Gasteiger partial charge < -0.3 is 37.3 Å². The van der Waals surface area contributed by atoms with Crippen molar-refractivity contribution in [2.45, 2.75) is 172 Å². The summed E-state index contributed by atoms with van der Waals surface area (Å²) in [6.45, 7) is 36.1. The zero-order valence-electron chi connectivity index (χ0n) is 47.5. The normalized spacial score (nSPS) is 23.1. The highest BCUT2D eigenvalue weighted by Crippen LogP contribution is 2.47. The number of rotatable bonds is 22. The number of hydrogen-bond acceptors (Lipinski definition) is 12. The van der Waals surface area contributed by atoms with Gasteiger partial charge in [0.1, 0.15) is 25.0 Å². The van der Waals surface area contributed by atoms with Crippen LogP contribution in [0.1, 0.15) is 81.5 Å². The summed E-state index contributed by atoms with van der Waals surface area (Å²) in [5, 5.41) is -0.296. The van der Waals surface area contributed by atoms with Crippen molar-refractivity contribution < 1.29 is 56.5 Å². The minimum Gasteiger partial charge on any atom is -0.497 e. The lowest BCUT2D eigenvalue weighted by Gasteiger charge is -2.39. The molecular formula is C53H88N4O12Si4. The third-order valence-corrected chi connectivity index (χ3v) is 28.2. The third-order valence-electron chi connectivity index (χ3n) is 15.7. The molecule has 16 nitrogen and oxygen atoms in total. The van der Waals surface area contributed by atoms with Crippen LogP contribution in [0.25, 0.3) is 0 Å². The average Bonchev–Trinajstić information content (AvgIpc) is 3.81. The number of benzene rings is 2. The lowest BCUT2D eigenvalue weighted by atomic mass is 10.1. The Morgan fingerprint density at radius 2 is 0.904 bits per heavy atom. The molecule has 0 saturated carbocycles. The van der Waals surface area contributed by atoms with Crippen LogP contribution < -0.4 is 19.3 Å². The minimum atomic E-state index is -2.42. The molecule has 0 N–H and O–H groups in total. The standard InChI is InChI=1S/C53H88N4O12Si4/c1-50(2,3)72(15,16)68-40-32-52(48(60)54(36-64-26-28-70(9,10)11)44-22-20-38(62-7)30-42(44)46(58)56(52)34-40)66-24-19-25-67-53-33-41(69-73(17,18)51(4,5)6)35-57(53)47(59)43-31-39(63-8)21-23-45(43)55(49(53)61)37-65-27-29-71(12,13)14/h20-23,30-31,40-41H,19,24-29,32-37H2,1-18H3/t40-,41?,52+,53?/m1/s1. The van der Waals surface area contributed by atoms with E-state index in [0.29, 0.717) is 47.2 Å². The number of methoxy groups -OCH3 is 2. The topological polar surface area (TPSA) is 155 Å². The maximum absolute atomic E-state index is 15.6. The predicted molar refractivity (Wildman–Crippen MR) is 296 cm³/mol. The Balaban J connectivity index is 1.35. The average molecular weight is 1090 g/mol. The largest absolute Gasteiger partial charge is 0.497 e. The molecule has 20 heteroatoms. The molecule has 6 rings (SSSR count). The van der Waals surface area contributed by atoms with Crippen molar-refractivity contribution in [3.8, 4) is 11.5 Å². The van der Waals surface area contributed by atoms with Crippen molar-refractivity contribution >= 4 is 67.8 Å². The quantitative estimate of drug-likeness (QED) is 0.0814. The van der Waals surface area contributed by atoms with Crippen LogP contribution in [0.4, 0.5) is 11.4 Å². The Morgan fingerprint density at radius 3 is 1.22 bits per heavy atom. The second kappa shape index (κ2) is 21.9. The van der Waals surface area contributed by atoms with E-state index in [2.05, 4.69) is 107 Å². The summed E-state index contributed by atoms with van der Waals surface area (Å²) in [5.41, 5.74) is -2.16. The molecule has 4 aliphatic heterocycles. The fourth-order valence-corrected chi connectivity index (χ4v) is 13.4. The molecule has 4 amide bonds. The van der Waals surface area contributed by atoms with Crippen molar-refractivity contribution in [3.05, 3.63) is 47.5 Å². The van der Waals surface area contributed by atoms with Crippen LogP contribution in [0.15, 0.2) is 36.4 Å². The lowest BCUT2D eigenvalue weighted by Crippen LogP contribution is -2.59. The van der Waals surface area contributed by atoms with E-state index in [1.807, 2.05) is 0 Å². The Hall–Kier alpha value is -3.45. The highest BCUT2D eigenvalue weighted by atomic mass is 28.4. The van der Waals surface area contributed by atoms with Gasteiger partial charge in [-0.15, -0.1) is 0 Å². The second-order valence-corrected chi connectivity index (χ2v) is 46.5. The van der Waals surface area contributed by atoms with Gasteiger partial charge in [0.25, 0.3) is 23.6 Å². The van der Waals surface area contributed by atoms with Gasteiger partial charge in [-0.25, -0.2) is 0 Å². The fourth-order valence-electron chi connectivity index (χ4n) is 9.20. The summed E-state index contributed by atoms with van der Waals surface area (Å²) in [4.78, 5) is 67.4. The van der Waals surface area contributed by atoms with Gasteiger partial charge in [0.2, 0.25) is 11.4 Å².